The third-order valence-corrected chi connectivity index (χ3v) is 6.27. The third-order valence-electron chi connectivity index (χ3n) is 4.87. The zero-order chi connectivity index (χ0) is 23.6. The lowest BCUT2D eigenvalue weighted by Gasteiger charge is -2.12. The van der Waals surface area contributed by atoms with Crippen LogP contribution in [-0.4, -0.2) is 35.0 Å². The van der Waals surface area contributed by atoms with Crippen LogP contribution in [0.4, 0.5) is 10.1 Å². The summed E-state index contributed by atoms with van der Waals surface area (Å²) in [5.74, 6) is 0.691. The molecule has 1 N–H and O–H groups in total. The molecule has 0 fully saturated rings. The number of anilines is 1. The molecular weight excluding hydrogens is 449 g/mol. The summed E-state index contributed by atoms with van der Waals surface area (Å²) in [5.41, 5.74) is 2.11. The molecule has 0 saturated carbocycles. The minimum atomic E-state index is -4.07. The summed E-state index contributed by atoms with van der Waals surface area (Å²) in [7, 11) is -2.76. The fourth-order valence-corrected chi connectivity index (χ4v) is 4.27. The monoisotopic (exact) mass is 469 g/mol. The van der Waals surface area contributed by atoms with Gasteiger partial charge in [0.2, 0.25) is 5.88 Å². The molecule has 2 heterocycles. The van der Waals surface area contributed by atoms with E-state index >= 15 is 0 Å². The summed E-state index contributed by atoms with van der Waals surface area (Å²) in [6.45, 7) is 3.84. The van der Waals surface area contributed by atoms with Gasteiger partial charge in [0.1, 0.15) is 40.7 Å². The fraction of sp³-hybridized carbons (Fsp3) is 0.136. The highest BCUT2D eigenvalue weighted by atomic mass is 32.2. The highest BCUT2D eigenvalue weighted by Crippen LogP contribution is 2.28. The normalized spacial score (nSPS) is 11.3. The van der Waals surface area contributed by atoms with Crippen molar-refractivity contribution in [1.29, 1.82) is 0 Å². The Morgan fingerprint density at radius 1 is 1.00 bits per heavy atom. The van der Waals surface area contributed by atoms with Crippen molar-refractivity contribution in [3.05, 3.63) is 78.4 Å². The number of halogens is 1. The lowest BCUT2D eigenvalue weighted by Crippen LogP contribution is -2.14. The summed E-state index contributed by atoms with van der Waals surface area (Å²) < 4.78 is 54.0. The smallest absolute Gasteiger partial charge is 0.265 e. The molecule has 0 bridgehead atoms. The zero-order valence-electron chi connectivity index (χ0n) is 18.0. The number of nitrogens with zero attached hydrogens (tertiary/aromatic N) is 4. The van der Waals surface area contributed by atoms with Crippen LogP contribution in [0, 0.1) is 19.7 Å². The van der Waals surface area contributed by atoms with E-state index in [0.717, 1.165) is 23.5 Å². The first-order valence-corrected chi connectivity index (χ1v) is 11.2. The van der Waals surface area contributed by atoms with Gasteiger partial charge in [-0.2, -0.15) is 0 Å². The molecular formula is C22H20FN5O4S. The van der Waals surface area contributed by atoms with Crippen LogP contribution in [-0.2, 0) is 10.0 Å². The van der Waals surface area contributed by atoms with E-state index in [9.17, 15) is 12.8 Å². The van der Waals surface area contributed by atoms with Gasteiger partial charge < -0.3 is 9.47 Å². The number of sulfonamides is 1. The lowest BCUT2D eigenvalue weighted by molar-refractivity contribution is 0.401. The molecule has 170 valence electrons. The van der Waals surface area contributed by atoms with E-state index in [1.165, 1.54) is 31.6 Å². The largest absolute Gasteiger partial charge is 0.495 e. The standard InChI is InChI=1S/C22H20FN5O4S/c1-14-15(2)28(13-26-14)21-11-22(25-12-24-21)32-18-7-5-17(6-8-18)27-33(29,30)20-10-16(23)4-9-19(20)31-3/h4-13,27H,1-3H3. The number of benzene rings is 2. The number of nitrogens with one attached hydrogen (secondary N) is 1. The van der Waals surface area contributed by atoms with Crippen molar-refractivity contribution < 1.29 is 22.3 Å². The Morgan fingerprint density at radius 2 is 1.76 bits per heavy atom. The highest BCUT2D eigenvalue weighted by Gasteiger charge is 2.20. The van der Waals surface area contributed by atoms with Crippen molar-refractivity contribution in [2.75, 3.05) is 11.8 Å². The second kappa shape index (κ2) is 8.87. The maximum absolute atomic E-state index is 13.6. The minimum Gasteiger partial charge on any atom is -0.495 e. The maximum Gasteiger partial charge on any atom is 0.265 e. The van der Waals surface area contributed by atoms with Gasteiger partial charge in [-0.15, -0.1) is 0 Å². The number of hydrogen-bond acceptors (Lipinski definition) is 7. The Hall–Kier alpha value is -3.99. The molecule has 4 rings (SSSR count). The van der Waals surface area contributed by atoms with Crippen molar-refractivity contribution in [2.24, 2.45) is 0 Å². The number of aryl methyl sites for hydroxylation is 1. The minimum absolute atomic E-state index is 0.0340. The third kappa shape index (κ3) is 4.77. The van der Waals surface area contributed by atoms with Crippen molar-refractivity contribution in [3.63, 3.8) is 0 Å². The quantitative estimate of drug-likeness (QED) is 0.435. The van der Waals surface area contributed by atoms with E-state index in [1.807, 2.05) is 18.4 Å². The Balaban J connectivity index is 1.51. The number of methoxy groups -OCH3 is 1. The molecule has 0 amide bonds. The Labute approximate surface area is 189 Å². The molecule has 2 aromatic heterocycles. The molecule has 4 aromatic rings. The van der Waals surface area contributed by atoms with Crippen LogP contribution in [0.3, 0.4) is 0 Å². The van der Waals surface area contributed by atoms with Crippen LogP contribution < -0.4 is 14.2 Å². The van der Waals surface area contributed by atoms with Crippen LogP contribution in [0.1, 0.15) is 11.4 Å². The summed E-state index contributed by atoms with van der Waals surface area (Å²) in [6.07, 6.45) is 3.06. The number of rotatable bonds is 7. The topological polar surface area (TPSA) is 108 Å². The molecule has 0 spiro atoms. The van der Waals surface area contributed by atoms with Crippen LogP contribution in [0.25, 0.3) is 5.82 Å². The molecule has 9 nitrogen and oxygen atoms in total. The van der Waals surface area contributed by atoms with Crippen LogP contribution in [0.15, 0.2) is 66.1 Å². The predicted molar refractivity (Wildman–Crippen MR) is 119 cm³/mol. The first kappa shape index (κ1) is 22.2. The van der Waals surface area contributed by atoms with Crippen LogP contribution in [0.5, 0.6) is 17.4 Å². The second-order valence-electron chi connectivity index (χ2n) is 7.03. The van der Waals surface area contributed by atoms with Gasteiger partial charge in [-0.05, 0) is 56.3 Å². The first-order chi connectivity index (χ1) is 15.8. The number of imidazole rings is 1. The van der Waals surface area contributed by atoms with Crippen molar-refractivity contribution in [2.45, 2.75) is 18.7 Å². The van der Waals surface area contributed by atoms with Crippen molar-refractivity contribution in [3.8, 4) is 23.2 Å². The molecule has 0 saturated heterocycles. The molecule has 0 unspecified atom stereocenters. The zero-order valence-corrected chi connectivity index (χ0v) is 18.8. The lowest BCUT2D eigenvalue weighted by atomic mass is 10.3. The molecule has 0 aliphatic carbocycles. The van der Waals surface area contributed by atoms with Gasteiger partial charge >= 0.3 is 0 Å². The highest BCUT2D eigenvalue weighted by molar-refractivity contribution is 7.92. The van der Waals surface area contributed by atoms with E-state index in [0.29, 0.717) is 17.4 Å². The number of hydrogen-bond donors (Lipinski definition) is 1. The molecule has 2 aromatic carbocycles. The van der Waals surface area contributed by atoms with E-state index in [1.54, 1.807) is 24.5 Å². The Kier molecular flexibility index (Phi) is 5.97. The summed E-state index contributed by atoms with van der Waals surface area (Å²) in [6, 6.07) is 11.1. The average Bonchev–Trinajstić information content (AvgIpc) is 3.13. The van der Waals surface area contributed by atoms with E-state index in [4.69, 9.17) is 9.47 Å². The molecule has 33 heavy (non-hydrogen) atoms. The Bertz CT molecular complexity index is 1400. The van der Waals surface area contributed by atoms with Gasteiger partial charge in [0, 0.05) is 17.4 Å². The average molecular weight is 469 g/mol. The maximum atomic E-state index is 13.6. The van der Waals surface area contributed by atoms with Crippen molar-refractivity contribution in [1.82, 2.24) is 19.5 Å². The van der Waals surface area contributed by atoms with E-state index in [-0.39, 0.29) is 16.3 Å². The van der Waals surface area contributed by atoms with Crippen molar-refractivity contribution >= 4 is 15.7 Å². The van der Waals surface area contributed by atoms with Crippen LogP contribution in [0.2, 0.25) is 0 Å². The molecule has 0 atom stereocenters. The number of aromatic nitrogens is 4. The van der Waals surface area contributed by atoms with E-state index < -0.39 is 15.8 Å². The fourth-order valence-electron chi connectivity index (χ4n) is 3.03. The predicted octanol–water partition coefficient (Wildman–Crippen LogP) is 4.02. The van der Waals surface area contributed by atoms with Gasteiger partial charge in [0.25, 0.3) is 10.0 Å². The SMILES string of the molecule is COc1ccc(F)cc1S(=O)(=O)Nc1ccc(Oc2cc(-n3cnc(C)c3C)ncn2)cc1. The van der Waals surface area contributed by atoms with Gasteiger partial charge in [-0.25, -0.2) is 27.8 Å². The second-order valence-corrected chi connectivity index (χ2v) is 8.68. The first-order valence-electron chi connectivity index (χ1n) is 9.74. The molecule has 0 radical (unpaired) electrons. The van der Waals surface area contributed by atoms with Gasteiger partial charge in [-0.3, -0.25) is 9.29 Å². The molecule has 0 aliphatic heterocycles. The van der Waals surface area contributed by atoms with E-state index in [2.05, 4.69) is 19.7 Å². The molecule has 11 heteroatoms. The van der Waals surface area contributed by atoms with Gasteiger partial charge in [0.05, 0.1) is 12.8 Å². The number of ether oxygens (including phenoxy) is 2. The van der Waals surface area contributed by atoms with Crippen LogP contribution >= 0.6 is 0 Å². The Morgan fingerprint density at radius 3 is 2.42 bits per heavy atom. The summed E-state index contributed by atoms with van der Waals surface area (Å²) in [5, 5.41) is 0. The summed E-state index contributed by atoms with van der Waals surface area (Å²) >= 11 is 0. The van der Waals surface area contributed by atoms with Gasteiger partial charge in [-0.1, -0.05) is 0 Å². The molecule has 0 aliphatic rings. The summed E-state index contributed by atoms with van der Waals surface area (Å²) in [4.78, 5) is 12.3. The van der Waals surface area contributed by atoms with Gasteiger partial charge in [0.15, 0.2) is 0 Å².